The Kier molecular flexibility index (Phi) is 5.53. The molecule has 1 aromatic heterocycles. The predicted octanol–water partition coefficient (Wildman–Crippen LogP) is 3.74. The fourth-order valence-corrected chi connectivity index (χ4v) is 4.64. The quantitative estimate of drug-likeness (QED) is 0.716. The molecule has 2 saturated heterocycles. The number of aromatic nitrogens is 2. The number of benzene rings is 1. The Hall–Kier alpha value is -2.68. The van der Waals surface area contributed by atoms with Crippen LogP contribution in [-0.4, -0.2) is 64.0 Å². The van der Waals surface area contributed by atoms with Gasteiger partial charge in [0.25, 0.3) is 5.91 Å². The van der Waals surface area contributed by atoms with Crippen LogP contribution in [0.15, 0.2) is 36.7 Å². The van der Waals surface area contributed by atoms with Crippen LogP contribution in [0.25, 0.3) is 0 Å². The van der Waals surface area contributed by atoms with Crippen LogP contribution in [0.5, 0.6) is 5.88 Å². The molecule has 2 aliphatic heterocycles. The zero-order chi connectivity index (χ0) is 22.3. The van der Waals surface area contributed by atoms with E-state index in [0.717, 1.165) is 43.8 Å². The van der Waals surface area contributed by atoms with E-state index in [1.807, 2.05) is 0 Å². The van der Waals surface area contributed by atoms with Gasteiger partial charge in [0.2, 0.25) is 5.88 Å². The highest BCUT2D eigenvalue weighted by molar-refractivity contribution is 5.94. The summed E-state index contributed by atoms with van der Waals surface area (Å²) in [7, 11) is 0. The Morgan fingerprint density at radius 3 is 2.66 bits per heavy atom. The number of halogens is 3. The summed E-state index contributed by atoms with van der Waals surface area (Å²) in [5.41, 5.74) is 0.287. The summed E-state index contributed by atoms with van der Waals surface area (Å²) in [5, 5.41) is 0. The third-order valence-corrected chi connectivity index (χ3v) is 6.45. The summed E-state index contributed by atoms with van der Waals surface area (Å²) in [6.45, 7) is 2.56. The summed E-state index contributed by atoms with van der Waals surface area (Å²) in [4.78, 5) is 25.8. The Balaban J connectivity index is 1.23. The number of carbonyl (C=O) groups excluding carboxylic acids is 1. The molecule has 6 nitrogen and oxygen atoms in total. The molecule has 2 aromatic rings. The first-order valence-corrected chi connectivity index (χ1v) is 11.1. The van der Waals surface area contributed by atoms with Crippen LogP contribution in [-0.2, 0) is 6.18 Å². The molecule has 32 heavy (non-hydrogen) atoms. The third-order valence-electron chi connectivity index (χ3n) is 6.45. The van der Waals surface area contributed by atoms with E-state index in [1.54, 1.807) is 17.3 Å². The van der Waals surface area contributed by atoms with E-state index in [9.17, 15) is 18.0 Å². The predicted molar refractivity (Wildman–Crippen MR) is 110 cm³/mol. The summed E-state index contributed by atoms with van der Waals surface area (Å²) in [5.74, 6) is 0.693. The van der Waals surface area contributed by atoms with E-state index >= 15 is 0 Å². The Morgan fingerprint density at radius 2 is 1.94 bits per heavy atom. The van der Waals surface area contributed by atoms with E-state index < -0.39 is 11.7 Å². The molecular weight excluding hydrogens is 421 g/mol. The third kappa shape index (κ3) is 4.57. The molecule has 3 heterocycles. The number of fused-ring (bicyclic) bond motifs is 1. The van der Waals surface area contributed by atoms with Crippen molar-refractivity contribution in [3.63, 3.8) is 0 Å². The Morgan fingerprint density at radius 1 is 1.09 bits per heavy atom. The van der Waals surface area contributed by atoms with Gasteiger partial charge in [0.1, 0.15) is 6.10 Å². The van der Waals surface area contributed by atoms with Crippen molar-refractivity contribution >= 4 is 5.91 Å². The fourth-order valence-electron chi connectivity index (χ4n) is 4.64. The van der Waals surface area contributed by atoms with Gasteiger partial charge in [-0.15, -0.1) is 0 Å². The zero-order valence-corrected chi connectivity index (χ0v) is 17.6. The largest absolute Gasteiger partial charge is 0.472 e. The molecule has 5 rings (SSSR count). The summed E-state index contributed by atoms with van der Waals surface area (Å²) >= 11 is 0. The van der Waals surface area contributed by atoms with Gasteiger partial charge in [-0.2, -0.15) is 13.2 Å². The van der Waals surface area contributed by atoms with Crippen molar-refractivity contribution in [3.8, 4) is 5.88 Å². The Labute approximate surface area is 184 Å². The van der Waals surface area contributed by atoms with Crippen LogP contribution in [0, 0.1) is 0 Å². The molecule has 1 amide bonds. The second-order valence-corrected chi connectivity index (χ2v) is 8.86. The average molecular weight is 446 g/mol. The Bertz CT molecular complexity index is 978. The standard InChI is InChI=1S/C23H25F3N4O2/c24-23(25,26)17-4-1-3-16(9-17)22(31)30-8-2-7-29-14-19(10-18(29)13-30)32-21-12-27-20(11-28-21)15-5-6-15/h1,3-4,9,11-12,15,18-19H,2,5-8,10,13-14H2/t18-,19+/m1/s1. The summed E-state index contributed by atoms with van der Waals surface area (Å²) < 4.78 is 45.2. The topological polar surface area (TPSA) is 58.6 Å². The van der Waals surface area contributed by atoms with E-state index in [2.05, 4.69) is 14.9 Å². The minimum Gasteiger partial charge on any atom is -0.472 e. The lowest BCUT2D eigenvalue weighted by Crippen LogP contribution is -2.39. The molecular formula is C23H25F3N4O2. The minimum atomic E-state index is -4.47. The minimum absolute atomic E-state index is 0.0512. The van der Waals surface area contributed by atoms with Crippen molar-refractivity contribution < 1.29 is 22.7 Å². The molecule has 1 saturated carbocycles. The monoisotopic (exact) mass is 446 g/mol. The SMILES string of the molecule is O=C(c1cccc(C(F)(F)F)c1)N1CCCN2C[C@@H](Oc3cnc(C4CC4)cn3)C[C@@H]2C1. The van der Waals surface area contributed by atoms with E-state index in [-0.39, 0.29) is 23.6 Å². The van der Waals surface area contributed by atoms with Crippen LogP contribution in [0.2, 0.25) is 0 Å². The lowest BCUT2D eigenvalue weighted by molar-refractivity contribution is -0.137. The molecule has 3 aliphatic rings. The number of rotatable bonds is 4. The molecule has 2 atom stereocenters. The summed E-state index contributed by atoms with van der Waals surface area (Å²) in [6.07, 6.45) is 2.79. The number of nitrogens with zero attached hydrogens (tertiary/aromatic N) is 4. The van der Waals surface area contributed by atoms with Crippen LogP contribution in [0.3, 0.4) is 0 Å². The maximum absolute atomic E-state index is 13.0. The molecule has 0 N–H and O–H groups in total. The van der Waals surface area contributed by atoms with Gasteiger partial charge in [-0.3, -0.25) is 14.7 Å². The molecule has 1 aliphatic carbocycles. The van der Waals surface area contributed by atoms with Crippen molar-refractivity contribution in [2.24, 2.45) is 0 Å². The molecule has 0 radical (unpaired) electrons. The maximum atomic E-state index is 13.0. The van der Waals surface area contributed by atoms with Gasteiger partial charge in [0.05, 0.1) is 23.7 Å². The van der Waals surface area contributed by atoms with Crippen LogP contribution in [0.1, 0.15) is 53.2 Å². The molecule has 170 valence electrons. The van der Waals surface area contributed by atoms with E-state index in [0.29, 0.717) is 24.9 Å². The first kappa shape index (κ1) is 21.2. The van der Waals surface area contributed by atoms with Gasteiger partial charge in [-0.1, -0.05) is 6.07 Å². The molecule has 9 heteroatoms. The van der Waals surface area contributed by atoms with Crippen molar-refractivity contribution in [1.82, 2.24) is 19.8 Å². The number of hydrogen-bond donors (Lipinski definition) is 0. The highest BCUT2D eigenvalue weighted by atomic mass is 19.4. The lowest BCUT2D eigenvalue weighted by atomic mass is 10.1. The van der Waals surface area contributed by atoms with Gasteiger partial charge < -0.3 is 9.64 Å². The second-order valence-electron chi connectivity index (χ2n) is 8.86. The number of carbonyl (C=O) groups is 1. The molecule has 1 aromatic carbocycles. The highest BCUT2D eigenvalue weighted by Gasteiger charge is 2.38. The van der Waals surface area contributed by atoms with Crippen molar-refractivity contribution in [2.45, 2.75) is 49.9 Å². The van der Waals surface area contributed by atoms with Crippen LogP contribution < -0.4 is 4.74 Å². The first-order valence-electron chi connectivity index (χ1n) is 11.1. The van der Waals surface area contributed by atoms with Gasteiger partial charge in [0, 0.05) is 50.1 Å². The number of alkyl halides is 3. The number of amides is 1. The van der Waals surface area contributed by atoms with E-state index in [4.69, 9.17) is 4.74 Å². The van der Waals surface area contributed by atoms with Crippen molar-refractivity contribution in [2.75, 3.05) is 26.2 Å². The van der Waals surface area contributed by atoms with Crippen LogP contribution >= 0.6 is 0 Å². The maximum Gasteiger partial charge on any atom is 0.416 e. The molecule has 0 bridgehead atoms. The van der Waals surface area contributed by atoms with Gasteiger partial charge in [0.15, 0.2) is 0 Å². The number of hydrogen-bond acceptors (Lipinski definition) is 5. The van der Waals surface area contributed by atoms with Crippen molar-refractivity contribution in [1.29, 1.82) is 0 Å². The van der Waals surface area contributed by atoms with E-state index in [1.165, 1.54) is 25.0 Å². The van der Waals surface area contributed by atoms with Crippen LogP contribution in [0.4, 0.5) is 13.2 Å². The van der Waals surface area contributed by atoms with Gasteiger partial charge >= 0.3 is 6.18 Å². The second kappa shape index (κ2) is 8.35. The van der Waals surface area contributed by atoms with Gasteiger partial charge in [-0.25, -0.2) is 4.98 Å². The van der Waals surface area contributed by atoms with Crippen molar-refractivity contribution in [3.05, 3.63) is 53.5 Å². The molecule has 0 spiro atoms. The van der Waals surface area contributed by atoms with Gasteiger partial charge in [-0.05, 0) is 37.5 Å². The molecule has 0 unspecified atom stereocenters. The first-order chi connectivity index (χ1) is 15.4. The smallest absolute Gasteiger partial charge is 0.416 e. The normalized spacial score (nSPS) is 24.2. The lowest BCUT2D eigenvalue weighted by Gasteiger charge is -2.25. The number of ether oxygens (including phenoxy) is 1. The zero-order valence-electron chi connectivity index (χ0n) is 17.6. The average Bonchev–Trinajstić information content (AvgIpc) is 3.58. The molecule has 3 fully saturated rings. The summed E-state index contributed by atoms with van der Waals surface area (Å²) in [6, 6.07) is 4.77. The highest BCUT2D eigenvalue weighted by Crippen LogP contribution is 2.38. The fraction of sp³-hybridized carbons (Fsp3) is 0.522.